The maximum absolute atomic E-state index is 12.3. The second-order valence-electron chi connectivity index (χ2n) is 3.68. The van der Waals surface area contributed by atoms with Crippen molar-refractivity contribution in [1.29, 1.82) is 0 Å². The molecule has 0 aromatic carbocycles. The third-order valence-electron chi connectivity index (χ3n) is 2.69. The van der Waals surface area contributed by atoms with Gasteiger partial charge in [0.15, 0.2) is 0 Å². The molecule has 1 fully saturated rings. The molecule has 0 N–H and O–H groups in total. The number of hydrogen-bond donors (Lipinski definition) is 0. The molecule has 72 valence electrons. The Labute approximate surface area is 72.7 Å². The molecule has 1 aliphatic heterocycles. The van der Waals surface area contributed by atoms with E-state index in [1.807, 2.05) is 4.90 Å². The Morgan fingerprint density at radius 2 is 1.75 bits per heavy atom. The number of nitrogens with zero attached hydrogens (tertiary/aromatic N) is 1. The summed E-state index contributed by atoms with van der Waals surface area (Å²) in [4.78, 5) is 1.93. The molecule has 0 aliphatic carbocycles. The smallest absolute Gasteiger partial charge is 0.107 e. The van der Waals surface area contributed by atoms with Crippen molar-refractivity contribution in [1.82, 2.24) is 4.90 Å². The number of hydrogen-bond acceptors (Lipinski definition) is 1. The quantitative estimate of drug-likeness (QED) is 0.637. The van der Waals surface area contributed by atoms with Gasteiger partial charge >= 0.3 is 0 Å². The molecule has 0 aromatic rings. The second-order valence-corrected chi connectivity index (χ2v) is 3.68. The van der Waals surface area contributed by atoms with Gasteiger partial charge in [0, 0.05) is 0 Å². The van der Waals surface area contributed by atoms with Crippen molar-refractivity contribution >= 4 is 0 Å². The summed E-state index contributed by atoms with van der Waals surface area (Å²) in [6.07, 6.45) is 2.16. The zero-order valence-electron chi connectivity index (χ0n) is 7.60. The van der Waals surface area contributed by atoms with E-state index in [4.69, 9.17) is 0 Å². The SMILES string of the molecule is CC1CCN(C(CF)CF)CC1. The van der Waals surface area contributed by atoms with Crippen molar-refractivity contribution in [2.75, 3.05) is 26.4 Å². The molecule has 0 aromatic heterocycles. The molecule has 1 rings (SSSR count). The first kappa shape index (κ1) is 9.90. The lowest BCUT2D eigenvalue weighted by Crippen LogP contribution is -2.43. The van der Waals surface area contributed by atoms with Crippen molar-refractivity contribution in [2.45, 2.75) is 25.8 Å². The lowest BCUT2D eigenvalue weighted by atomic mass is 9.98. The van der Waals surface area contributed by atoms with E-state index >= 15 is 0 Å². The number of halogens is 2. The molecule has 0 unspecified atom stereocenters. The molecular formula is C9H17F2N. The minimum Gasteiger partial charge on any atom is -0.295 e. The first-order chi connectivity index (χ1) is 5.77. The van der Waals surface area contributed by atoms with Crippen molar-refractivity contribution in [3.8, 4) is 0 Å². The standard InChI is InChI=1S/C9H17F2N/c1-8-2-4-12(5-3-8)9(6-10)7-11/h8-9H,2-7H2,1H3. The minimum atomic E-state index is -0.551. The Kier molecular flexibility index (Phi) is 3.92. The van der Waals surface area contributed by atoms with Crippen LogP contribution in [-0.4, -0.2) is 37.4 Å². The van der Waals surface area contributed by atoms with Crippen LogP contribution in [0.15, 0.2) is 0 Å². The van der Waals surface area contributed by atoms with Gasteiger partial charge in [0.2, 0.25) is 0 Å². The van der Waals surface area contributed by atoms with Crippen LogP contribution in [0.2, 0.25) is 0 Å². The second kappa shape index (κ2) is 4.75. The lowest BCUT2D eigenvalue weighted by molar-refractivity contribution is 0.0996. The van der Waals surface area contributed by atoms with Gasteiger partial charge in [-0.3, -0.25) is 4.90 Å². The van der Waals surface area contributed by atoms with E-state index in [1.54, 1.807) is 0 Å². The summed E-state index contributed by atoms with van der Waals surface area (Å²) in [5.41, 5.74) is 0. The molecule has 1 saturated heterocycles. The predicted octanol–water partition coefficient (Wildman–Crippen LogP) is 2.03. The van der Waals surface area contributed by atoms with Crippen LogP contribution >= 0.6 is 0 Å². The van der Waals surface area contributed by atoms with Crippen LogP contribution in [-0.2, 0) is 0 Å². The van der Waals surface area contributed by atoms with E-state index in [0.717, 1.165) is 31.8 Å². The van der Waals surface area contributed by atoms with Crippen LogP contribution in [0.3, 0.4) is 0 Å². The first-order valence-corrected chi connectivity index (χ1v) is 4.64. The molecule has 3 heteroatoms. The maximum atomic E-state index is 12.3. The highest BCUT2D eigenvalue weighted by atomic mass is 19.1. The van der Waals surface area contributed by atoms with E-state index in [1.165, 1.54) is 0 Å². The fourth-order valence-electron chi connectivity index (χ4n) is 1.63. The molecular weight excluding hydrogens is 160 g/mol. The number of piperidine rings is 1. The summed E-state index contributed by atoms with van der Waals surface area (Å²) < 4.78 is 24.5. The Balaban J connectivity index is 2.32. The van der Waals surface area contributed by atoms with Crippen LogP contribution in [0.4, 0.5) is 8.78 Å². The number of likely N-dealkylation sites (tertiary alicyclic amines) is 1. The zero-order chi connectivity index (χ0) is 8.97. The van der Waals surface area contributed by atoms with Crippen LogP contribution < -0.4 is 0 Å². The van der Waals surface area contributed by atoms with Gasteiger partial charge in [-0.2, -0.15) is 0 Å². The Hall–Kier alpha value is -0.180. The fourth-order valence-corrected chi connectivity index (χ4v) is 1.63. The molecule has 0 radical (unpaired) electrons. The fraction of sp³-hybridized carbons (Fsp3) is 1.00. The monoisotopic (exact) mass is 177 g/mol. The van der Waals surface area contributed by atoms with E-state index in [0.29, 0.717) is 0 Å². The summed E-state index contributed by atoms with van der Waals surface area (Å²) in [5, 5.41) is 0. The van der Waals surface area contributed by atoms with Crippen LogP contribution in [0.5, 0.6) is 0 Å². The topological polar surface area (TPSA) is 3.24 Å². The highest BCUT2D eigenvalue weighted by Crippen LogP contribution is 2.18. The van der Waals surface area contributed by atoms with Gasteiger partial charge in [-0.1, -0.05) is 6.92 Å². The predicted molar refractivity (Wildman–Crippen MR) is 45.7 cm³/mol. The summed E-state index contributed by atoms with van der Waals surface area (Å²) >= 11 is 0. The third-order valence-corrected chi connectivity index (χ3v) is 2.69. The third kappa shape index (κ3) is 2.41. The van der Waals surface area contributed by atoms with Gasteiger partial charge in [0.05, 0.1) is 6.04 Å². The molecule has 12 heavy (non-hydrogen) atoms. The van der Waals surface area contributed by atoms with E-state index < -0.39 is 19.4 Å². The molecule has 0 spiro atoms. The summed E-state index contributed by atoms with van der Waals surface area (Å²) in [7, 11) is 0. The molecule has 1 aliphatic rings. The van der Waals surface area contributed by atoms with Crippen molar-refractivity contribution in [2.24, 2.45) is 5.92 Å². The van der Waals surface area contributed by atoms with Gasteiger partial charge in [0.25, 0.3) is 0 Å². The maximum Gasteiger partial charge on any atom is 0.107 e. The Morgan fingerprint density at radius 3 is 2.17 bits per heavy atom. The van der Waals surface area contributed by atoms with Crippen molar-refractivity contribution in [3.05, 3.63) is 0 Å². The van der Waals surface area contributed by atoms with Crippen LogP contribution in [0.1, 0.15) is 19.8 Å². The van der Waals surface area contributed by atoms with Crippen LogP contribution in [0, 0.1) is 5.92 Å². The highest BCUT2D eigenvalue weighted by Gasteiger charge is 2.22. The minimum absolute atomic E-state index is 0.475. The van der Waals surface area contributed by atoms with E-state index in [2.05, 4.69) is 6.92 Å². The lowest BCUT2D eigenvalue weighted by Gasteiger charge is -2.34. The van der Waals surface area contributed by atoms with Gasteiger partial charge < -0.3 is 0 Å². The summed E-state index contributed by atoms with van der Waals surface area (Å²) in [5.74, 6) is 0.723. The first-order valence-electron chi connectivity index (χ1n) is 4.64. The zero-order valence-corrected chi connectivity index (χ0v) is 7.60. The molecule has 0 bridgehead atoms. The molecule has 0 atom stereocenters. The molecule has 1 nitrogen and oxygen atoms in total. The Bertz CT molecular complexity index is 118. The van der Waals surface area contributed by atoms with Gasteiger partial charge in [-0.15, -0.1) is 0 Å². The van der Waals surface area contributed by atoms with E-state index in [-0.39, 0.29) is 0 Å². The van der Waals surface area contributed by atoms with Crippen LogP contribution in [0.25, 0.3) is 0 Å². The molecule has 0 saturated carbocycles. The summed E-state index contributed by atoms with van der Waals surface area (Å²) in [6.45, 7) is 2.81. The highest BCUT2D eigenvalue weighted by molar-refractivity contribution is 4.76. The van der Waals surface area contributed by atoms with Crippen molar-refractivity contribution in [3.63, 3.8) is 0 Å². The average molecular weight is 177 g/mol. The Morgan fingerprint density at radius 1 is 1.25 bits per heavy atom. The van der Waals surface area contributed by atoms with Gasteiger partial charge in [-0.05, 0) is 31.8 Å². The molecule has 1 heterocycles. The normalized spacial score (nSPS) is 22.0. The largest absolute Gasteiger partial charge is 0.295 e. The van der Waals surface area contributed by atoms with Gasteiger partial charge in [0.1, 0.15) is 13.3 Å². The van der Waals surface area contributed by atoms with Gasteiger partial charge in [-0.25, -0.2) is 8.78 Å². The van der Waals surface area contributed by atoms with E-state index in [9.17, 15) is 8.78 Å². The summed E-state index contributed by atoms with van der Waals surface area (Å²) in [6, 6.07) is -0.475. The average Bonchev–Trinajstić information content (AvgIpc) is 2.10. The number of alkyl halides is 2. The molecule has 0 amide bonds. The van der Waals surface area contributed by atoms with Crippen molar-refractivity contribution < 1.29 is 8.78 Å². The number of rotatable bonds is 3.